The third-order valence-electron chi connectivity index (χ3n) is 5.65. The molecular formula is C29H34ClF2N3O. The molecule has 0 aliphatic heterocycles. The summed E-state index contributed by atoms with van der Waals surface area (Å²) in [5, 5.41) is 2.98. The molecule has 0 radical (unpaired) electrons. The van der Waals surface area contributed by atoms with E-state index in [-0.39, 0.29) is 16.4 Å². The van der Waals surface area contributed by atoms with Crippen LogP contribution in [0.25, 0.3) is 5.57 Å². The molecule has 2 aromatic rings. The second-order valence-electron chi connectivity index (χ2n) is 8.60. The Morgan fingerprint density at radius 1 is 1.03 bits per heavy atom. The van der Waals surface area contributed by atoms with Crippen LogP contribution in [0.5, 0.6) is 0 Å². The Morgan fingerprint density at radius 3 is 2.42 bits per heavy atom. The predicted molar refractivity (Wildman–Crippen MR) is 148 cm³/mol. The number of nitrogens with one attached hydrogen (secondary N) is 1. The molecule has 0 aromatic heterocycles. The molecular weight excluding hydrogens is 480 g/mol. The van der Waals surface area contributed by atoms with Crippen molar-refractivity contribution >= 4 is 40.2 Å². The maximum Gasteiger partial charge on any atom is 0.178 e. The number of carbonyl (C=O) groups is 1. The van der Waals surface area contributed by atoms with Crippen molar-refractivity contribution in [2.24, 2.45) is 9.98 Å². The number of benzene rings is 2. The Balaban J connectivity index is 2.23. The Kier molecular flexibility index (Phi) is 11.7. The maximum absolute atomic E-state index is 14.3. The second-order valence-corrected chi connectivity index (χ2v) is 9.01. The van der Waals surface area contributed by atoms with Gasteiger partial charge in [-0.1, -0.05) is 49.9 Å². The lowest BCUT2D eigenvalue weighted by molar-refractivity contribution is 0.0978. The minimum absolute atomic E-state index is 0.0823. The lowest BCUT2D eigenvalue weighted by Crippen LogP contribution is -2.20. The van der Waals surface area contributed by atoms with Crippen LogP contribution in [0, 0.1) is 18.6 Å². The molecule has 0 bridgehead atoms. The Bertz CT molecular complexity index is 1200. The number of rotatable bonds is 11. The summed E-state index contributed by atoms with van der Waals surface area (Å²) >= 11 is 5.65. The highest BCUT2D eigenvalue weighted by Crippen LogP contribution is 2.25. The van der Waals surface area contributed by atoms with Gasteiger partial charge in [0.2, 0.25) is 0 Å². The van der Waals surface area contributed by atoms with Crippen molar-refractivity contribution in [3.63, 3.8) is 0 Å². The highest BCUT2D eigenvalue weighted by molar-refractivity contribution is 6.45. The van der Waals surface area contributed by atoms with Crippen molar-refractivity contribution in [3.8, 4) is 0 Å². The first-order chi connectivity index (χ1) is 17.2. The first kappa shape index (κ1) is 29.1. The van der Waals surface area contributed by atoms with E-state index in [1.807, 2.05) is 32.0 Å². The summed E-state index contributed by atoms with van der Waals surface area (Å²) in [6.45, 7) is 9.32. The van der Waals surface area contributed by atoms with Gasteiger partial charge in [0.25, 0.3) is 0 Å². The first-order valence-electron chi connectivity index (χ1n) is 12.1. The van der Waals surface area contributed by atoms with Gasteiger partial charge < -0.3 is 5.32 Å². The van der Waals surface area contributed by atoms with E-state index >= 15 is 0 Å². The molecule has 0 heterocycles. The van der Waals surface area contributed by atoms with Crippen molar-refractivity contribution in [2.75, 3.05) is 5.32 Å². The number of allylic oxidation sites excluding steroid dienone is 2. The summed E-state index contributed by atoms with van der Waals surface area (Å²) in [6, 6.07) is 8.31. The molecule has 1 N–H and O–H groups in total. The number of hydrogen-bond donors (Lipinski definition) is 1. The lowest BCUT2D eigenvalue weighted by atomic mass is 9.99. The van der Waals surface area contributed by atoms with E-state index in [1.54, 1.807) is 26.1 Å². The van der Waals surface area contributed by atoms with Gasteiger partial charge in [-0.3, -0.25) is 9.79 Å². The molecule has 0 aliphatic carbocycles. The number of halogens is 3. The van der Waals surface area contributed by atoms with Crippen molar-refractivity contribution in [1.29, 1.82) is 0 Å². The molecule has 0 saturated heterocycles. The van der Waals surface area contributed by atoms with E-state index in [4.69, 9.17) is 11.6 Å². The Hall–Kier alpha value is -3.12. The van der Waals surface area contributed by atoms with Crippen molar-refractivity contribution in [2.45, 2.75) is 66.7 Å². The van der Waals surface area contributed by atoms with Crippen LogP contribution in [0.2, 0.25) is 5.02 Å². The fourth-order valence-corrected chi connectivity index (χ4v) is 3.70. The number of aryl methyl sites for hydroxylation is 1. The average Bonchev–Trinajstić information content (AvgIpc) is 2.86. The molecule has 4 nitrogen and oxygen atoms in total. The lowest BCUT2D eigenvalue weighted by Gasteiger charge is -2.12. The molecule has 0 spiro atoms. The zero-order valence-electron chi connectivity index (χ0n) is 21.6. The van der Waals surface area contributed by atoms with Crippen molar-refractivity contribution < 1.29 is 13.6 Å². The van der Waals surface area contributed by atoms with E-state index in [9.17, 15) is 13.6 Å². The third-order valence-corrected chi connectivity index (χ3v) is 5.95. The first-order valence-corrected chi connectivity index (χ1v) is 12.5. The topological polar surface area (TPSA) is 53.8 Å². The third kappa shape index (κ3) is 8.23. The molecule has 2 aromatic carbocycles. The number of hydrogen-bond acceptors (Lipinski definition) is 3. The van der Waals surface area contributed by atoms with Crippen LogP contribution in [-0.4, -0.2) is 17.3 Å². The summed E-state index contributed by atoms with van der Waals surface area (Å²) in [7, 11) is 0. The van der Waals surface area contributed by atoms with Crippen LogP contribution in [0.3, 0.4) is 0 Å². The molecule has 0 amide bonds. The van der Waals surface area contributed by atoms with Crippen LogP contribution >= 0.6 is 11.6 Å². The number of aliphatic imine (C=N–C) groups is 2. The largest absolute Gasteiger partial charge is 0.339 e. The number of amidine groups is 1. The van der Waals surface area contributed by atoms with Crippen molar-refractivity contribution in [1.82, 2.24) is 0 Å². The molecule has 36 heavy (non-hydrogen) atoms. The van der Waals surface area contributed by atoms with Gasteiger partial charge in [0.15, 0.2) is 23.3 Å². The van der Waals surface area contributed by atoms with E-state index in [0.717, 1.165) is 42.5 Å². The second kappa shape index (κ2) is 14.4. The molecule has 7 heteroatoms. The summed E-state index contributed by atoms with van der Waals surface area (Å²) in [6.07, 6.45) is 9.68. The summed E-state index contributed by atoms with van der Waals surface area (Å²) in [4.78, 5) is 21.4. The Labute approximate surface area is 217 Å². The van der Waals surface area contributed by atoms with E-state index < -0.39 is 11.6 Å². The van der Waals surface area contributed by atoms with Crippen molar-refractivity contribution in [3.05, 3.63) is 82.2 Å². The highest BCUT2D eigenvalue weighted by atomic mass is 35.5. The maximum atomic E-state index is 14.3. The van der Waals surface area contributed by atoms with E-state index in [1.165, 1.54) is 18.3 Å². The normalized spacial score (nSPS) is 12.9. The zero-order chi connectivity index (χ0) is 26.7. The number of nitrogens with zero attached hydrogens (tertiary/aromatic N) is 2. The average molecular weight is 514 g/mol. The van der Waals surface area contributed by atoms with Crippen LogP contribution in [0.15, 0.2) is 58.8 Å². The molecule has 0 atom stereocenters. The van der Waals surface area contributed by atoms with Gasteiger partial charge in [0, 0.05) is 35.6 Å². The van der Waals surface area contributed by atoms with Gasteiger partial charge in [-0.15, -0.1) is 0 Å². The van der Waals surface area contributed by atoms with Gasteiger partial charge >= 0.3 is 0 Å². The van der Waals surface area contributed by atoms with Gasteiger partial charge in [-0.2, -0.15) is 0 Å². The fraction of sp³-hybridized carbons (Fsp3) is 0.345. The number of ketones is 1. The number of anilines is 1. The molecule has 0 saturated carbocycles. The molecule has 2 rings (SSSR count). The minimum atomic E-state index is -1.09. The van der Waals surface area contributed by atoms with Crippen LogP contribution in [0.4, 0.5) is 14.5 Å². The summed E-state index contributed by atoms with van der Waals surface area (Å²) < 4.78 is 28.1. The van der Waals surface area contributed by atoms with Gasteiger partial charge in [0.1, 0.15) is 0 Å². The van der Waals surface area contributed by atoms with Crippen LogP contribution in [0.1, 0.15) is 81.3 Å². The molecule has 0 unspecified atom stereocenters. The standard InChI is InChI=1S/C29H34ClF2N3O/c1-6-8-9-10-11-26(36)23-13-12-22(17-19(23)3)35-29(33-16-7-2)21(5)34-18-20(4)24-14-15-25(30)28(32)27(24)31/h7,12-18H,6,8-11H2,1-5H3,(H,33,35)/b16-7-,20-18+,34-21?. The minimum Gasteiger partial charge on any atom is -0.339 e. The fourth-order valence-electron chi connectivity index (χ4n) is 3.56. The zero-order valence-corrected chi connectivity index (χ0v) is 22.3. The molecule has 192 valence electrons. The Morgan fingerprint density at radius 2 is 1.75 bits per heavy atom. The van der Waals surface area contributed by atoms with Gasteiger partial charge in [0.05, 0.1) is 10.7 Å². The number of Topliss-reactive ketones (excluding diaryl/α,β-unsaturated/α-hetero) is 1. The smallest absolute Gasteiger partial charge is 0.178 e. The quantitative estimate of drug-likeness (QED) is 0.107. The van der Waals surface area contributed by atoms with E-state index in [2.05, 4.69) is 22.2 Å². The highest BCUT2D eigenvalue weighted by Gasteiger charge is 2.14. The van der Waals surface area contributed by atoms with Gasteiger partial charge in [-0.25, -0.2) is 13.8 Å². The number of carbonyl (C=O) groups excluding carboxylic acids is 1. The van der Waals surface area contributed by atoms with E-state index in [0.29, 0.717) is 23.5 Å². The monoisotopic (exact) mass is 513 g/mol. The SMILES string of the molecule is C/C=C\N=C(Nc1ccc(C(=O)CCCCCC)c(C)c1)C(C)=N/C=C(\C)c1ccc(Cl)c(F)c1F. The number of unbranched alkanes of at least 4 members (excludes halogenated alkanes) is 3. The van der Waals surface area contributed by atoms with Crippen LogP contribution in [-0.2, 0) is 0 Å². The summed E-state index contributed by atoms with van der Waals surface area (Å²) in [5.74, 6) is -1.46. The van der Waals surface area contributed by atoms with Gasteiger partial charge in [-0.05, 0) is 69.5 Å². The predicted octanol–water partition coefficient (Wildman–Crippen LogP) is 8.95. The molecule has 0 aliphatic rings. The summed E-state index contributed by atoms with van der Waals surface area (Å²) in [5.41, 5.74) is 3.43. The van der Waals surface area contributed by atoms with Crippen LogP contribution < -0.4 is 5.32 Å². The molecule has 0 fully saturated rings.